The molecular formula is C23H23FN2O5S2. The first-order valence-electron chi connectivity index (χ1n) is 10.3. The van der Waals surface area contributed by atoms with Crippen LogP contribution in [0.5, 0.6) is 0 Å². The molecule has 33 heavy (non-hydrogen) atoms. The number of aliphatic hydroxyl groups is 1. The van der Waals surface area contributed by atoms with E-state index in [1.165, 1.54) is 46.6 Å². The number of nitrogens with zero attached hydrogens (tertiary/aromatic N) is 1. The van der Waals surface area contributed by atoms with Gasteiger partial charge in [-0.1, -0.05) is 24.3 Å². The van der Waals surface area contributed by atoms with E-state index in [4.69, 9.17) is 4.42 Å². The molecule has 4 rings (SSSR count). The van der Waals surface area contributed by atoms with Crippen molar-refractivity contribution in [3.63, 3.8) is 0 Å². The van der Waals surface area contributed by atoms with Gasteiger partial charge in [0.15, 0.2) is 0 Å². The van der Waals surface area contributed by atoms with Crippen molar-refractivity contribution >= 4 is 27.7 Å². The largest absolute Gasteiger partial charge is 0.467 e. The van der Waals surface area contributed by atoms with E-state index in [1.807, 2.05) is 0 Å². The number of rotatable bonds is 8. The minimum Gasteiger partial charge on any atom is -0.467 e. The van der Waals surface area contributed by atoms with Gasteiger partial charge in [-0.05, 0) is 53.9 Å². The molecule has 1 aliphatic heterocycles. The molecule has 2 atom stereocenters. The second-order valence-electron chi connectivity index (χ2n) is 7.46. The molecule has 10 heteroatoms. The second-order valence-corrected chi connectivity index (χ2v) is 10.5. The molecule has 0 spiro atoms. The Morgan fingerprint density at radius 3 is 2.42 bits per heavy atom. The maximum atomic E-state index is 13.3. The Balaban J connectivity index is 1.52. The van der Waals surface area contributed by atoms with Crippen molar-refractivity contribution in [3.05, 3.63) is 78.5 Å². The number of furan rings is 1. The van der Waals surface area contributed by atoms with Gasteiger partial charge in [-0.2, -0.15) is 4.31 Å². The Morgan fingerprint density at radius 1 is 1.15 bits per heavy atom. The highest BCUT2D eigenvalue weighted by Crippen LogP contribution is 2.32. The van der Waals surface area contributed by atoms with E-state index in [9.17, 15) is 22.7 Å². The van der Waals surface area contributed by atoms with Gasteiger partial charge in [0.2, 0.25) is 15.9 Å². The summed E-state index contributed by atoms with van der Waals surface area (Å²) >= 11 is 1.24. The third kappa shape index (κ3) is 5.14. The molecule has 1 aromatic heterocycles. The standard InChI is InChI=1S/C23H23FN2O5S2/c24-18-7-3-16(4-8-18)17-5-9-19(10-6-17)33(29,30)26-12-15-32-23(26)22(28)25-20(11-13-27)21-2-1-14-31-21/h1-10,14,20,23,27H,11-13,15H2,(H,25,28). The molecule has 174 valence electrons. The summed E-state index contributed by atoms with van der Waals surface area (Å²) in [5.41, 5.74) is 1.52. The van der Waals surface area contributed by atoms with E-state index in [2.05, 4.69) is 5.32 Å². The lowest BCUT2D eigenvalue weighted by Crippen LogP contribution is -2.45. The Bertz CT molecular complexity index is 1180. The summed E-state index contributed by atoms with van der Waals surface area (Å²) in [4.78, 5) is 13.1. The Hall–Kier alpha value is -2.66. The van der Waals surface area contributed by atoms with Crippen LogP contribution in [0.3, 0.4) is 0 Å². The third-order valence-electron chi connectivity index (χ3n) is 5.33. The number of benzene rings is 2. The quantitative estimate of drug-likeness (QED) is 0.502. The first-order chi connectivity index (χ1) is 15.9. The van der Waals surface area contributed by atoms with E-state index in [1.54, 1.807) is 36.4 Å². The van der Waals surface area contributed by atoms with Gasteiger partial charge in [0.25, 0.3) is 0 Å². The molecule has 2 unspecified atom stereocenters. The first kappa shape index (κ1) is 23.5. The summed E-state index contributed by atoms with van der Waals surface area (Å²) in [5.74, 6) is 0.170. The fourth-order valence-corrected chi connectivity index (χ4v) is 6.74. The number of thioether (sulfide) groups is 1. The maximum Gasteiger partial charge on any atom is 0.249 e. The van der Waals surface area contributed by atoms with Gasteiger partial charge >= 0.3 is 0 Å². The van der Waals surface area contributed by atoms with Crippen LogP contribution in [0.2, 0.25) is 0 Å². The molecular weight excluding hydrogens is 467 g/mol. The smallest absolute Gasteiger partial charge is 0.249 e. The number of nitrogens with one attached hydrogen (secondary N) is 1. The normalized spacial score (nSPS) is 17.7. The topological polar surface area (TPSA) is 99.8 Å². The van der Waals surface area contributed by atoms with Crippen LogP contribution in [0, 0.1) is 5.82 Å². The number of sulfonamides is 1. The summed E-state index contributed by atoms with van der Waals surface area (Å²) in [6.45, 7) is 0.0437. The van der Waals surface area contributed by atoms with Crippen LogP contribution in [0.15, 0.2) is 76.2 Å². The van der Waals surface area contributed by atoms with Crippen LogP contribution in [0.1, 0.15) is 18.2 Å². The highest BCUT2D eigenvalue weighted by Gasteiger charge is 2.41. The van der Waals surface area contributed by atoms with Crippen LogP contribution < -0.4 is 5.32 Å². The molecule has 1 amide bonds. The number of halogens is 1. The summed E-state index contributed by atoms with van der Waals surface area (Å²) in [7, 11) is -3.92. The van der Waals surface area contributed by atoms with Crippen molar-refractivity contribution in [2.75, 3.05) is 18.9 Å². The highest BCUT2D eigenvalue weighted by molar-refractivity contribution is 8.02. The summed E-state index contributed by atoms with van der Waals surface area (Å²) in [6.07, 6.45) is 1.72. The monoisotopic (exact) mass is 490 g/mol. The number of aliphatic hydroxyl groups excluding tert-OH is 1. The first-order valence-corrected chi connectivity index (χ1v) is 12.8. The van der Waals surface area contributed by atoms with E-state index < -0.39 is 27.3 Å². The zero-order valence-corrected chi connectivity index (χ0v) is 19.2. The lowest BCUT2D eigenvalue weighted by Gasteiger charge is -2.24. The molecule has 0 radical (unpaired) electrons. The number of hydrogen-bond donors (Lipinski definition) is 2. The minimum absolute atomic E-state index is 0.0756. The zero-order chi connectivity index (χ0) is 23.4. The zero-order valence-electron chi connectivity index (χ0n) is 17.6. The van der Waals surface area contributed by atoms with Crippen molar-refractivity contribution in [2.24, 2.45) is 0 Å². The predicted octanol–water partition coefficient (Wildman–Crippen LogP) is 3.39. The van der Waals surface area contributed by atoms with Gasteiger partial charge in [0.05, 0.1) is 17.2 Å². The molecule has 3 aromatic rings. The van der Waals surface area contributed by atoms with Gasteiger partial charge in [-0.3, -0.25) is 4.79 Å². The van der Waals surface area contributed by atoms with Crippen molar-refractivity contribution in [1.29, 1.82) is 0 Å². The van der Waals surface area contributed by atoms with Crippen LogP contribution >= 0.6 is 11.8 Å². The van der Waals surface area contributed by atoms with Crippen LogP contribution in [0.25, 0.3) is 11.1 Å². The number of carbonyl (C=O) groups is 1. The Labute approximate surface area is 195 Å². The average Bonchev–Trinajstić information content (AvgIpc) is 3.52. The molecule has 0 aliphatic carbocycles. The number of hydrogen-bond acceptors (Lipinski definition) is 6. The van der Waals surface area contributed by atoms with E-state index in [-0.39, 0.29) is 30.3 Å². The van der Waals surface area contributed by atoms with Crippen LogP contribution in [-0.2, 0) is 14.8 Å². The van der Waals surface area contributed by atoms with Crippen molar-refractivity contribution in [3.8, 4) is 11.1 Å². The molecule has 7 nitrogen and oxygen atoms in total. The second kappa shape index (κ2) is 10.1. The average molecular weight is 491 g/mol. The van der Waals surface area contributed by atoms with Gasteiger partial charge in [0, 0.05) is 18.9 Å². The summed E-state index contributed by atoms with van der Waals surface area (Å²) in [5, 5.41) is 11.2. The van der Waals surface area contributed by atoms with Crippen molar-refractivity contribution in [2.45, 2.75) is 22.7 Å². The molecule has 2 N–H and O–H groups in total. The van der Waals surface area contributed by atoms with Crippen molar-refractivity contribution < 1.29 is 27.1 Å². The van der Waals surface area contributed by atoms with Gasteiger partial charge < -0.3 is 14.8 Å². The van der Waals surface area contributed by atoms with E-state index in [0.29, 0.717) is 11.5 Å². The van der Waals surface area contributed by atoms with Crippen LogP contribution in [-0.4, -0.2) is 48.0 Å². The highest BCUT2D eigenvalue weighted by atomic mass is 32.2. The van der Waals surface area contributed by atoms with E-state index in [0.717, 1.165) is 11.1 Å². The van der Waals surface area contributed by atoms with Gasteiger partial charge in [-0.15, -0.1) is 11.8 Å². The SMILES string of the molecule is O=C(NC(CCO)c1ccco1)C1SCCN1S(=O)(=O)c1ccc(-c2ccc(F)cc2)cc1. The molecule has 0 bridgehead atoms. The fourth-order valence-electron chi connectivity index (χ4n) is 3.65. The fraction of sp³-hybridized carbons (Fsp3) is 0.261. The maximum absolute atomic E-state index is 13.3. The number of carbonyl (C=O) groups excluding carboxylic acids is 1. The Morgan fingerprint density at radius 2 is 1.82 bits per heavy atom. The van der Waals surface area contributed by atoms with Crippen molar-refractivity contribution in [1.82, 2.24) is 9.62 Å². The predicted molar refractivity (Wildman–Crippen MR) is 123 cm³/mol. The molecule has 2 heterocycles. The molecule has 0 saturated carbocycles. The molecule has 1 aliphatic rings. The summed E-state index contributed by atoms with van der Waals surface area (Å²) < 4.78 is 46.3. The molecule has 1 saturated heterocycles. The lowest BCUT2D eigenvalue weighted by molar-refractivity contribution is -0.123. The third-order valence-corrected chi connectivity index (χ3v) is 8.55. The summed E-state index contributed by atoms with van der Waals surface area (Å²) in [6, 6.07) is 15.1. The van der Waals surface area contributed by atoms with Crippen LogP contribution in [0.4, 0.5) is 4.39 Å². The lowest BCUT2D eigenvalue weighted by atomic mass is 10.1. The molecule has 1 fully saturated rings. The molecule has 2 aromatic carbocycles. The Kier molecular flexibility index (Phi) is 7.18. The minimum atomic E-state index is -3.92. The van der Waals surface area contributed by atoms with Gasteiger partial charge in [0.1, 0.15) is 17.0 Å². The van der Waals surface area contributed by atoms with Gasteiger partial charge in [-0.25, -0.2) is 12.8 Å². The van der Waals surface area contributed by atoms with E-state index >= 15 is 0 Å². The number of amides is 1.